The van der Waals surface area contributed by atoms with Gasteiger partial charge in [-0.1, -0.05) is 0 Å². The lowest BCUT2D eigenvalue weighted by Gasteiger charge is -2.24. The fraction of sp³-hybridized carbons (Fsp3) is 0.632. The van der Waals surface area contributed by atoms with Crippen molar-refractivity contribution in [1.82, 2.24) is 21.3 Å². The number of carboxylic acids is 2. The smallest absolute Gasteiger partial charge is 0.326 e. The van der Waals surface area contributed by atoms with Crippen LogP contribution in [0, 0.1) is 0 Å². The van der Waals surface area contributed by atoms with E-state index in [4.69, 9.17) is 22.3 Å². The second-order valence-corrected chi connectivity index (χ2v) is 7.89. The molecule has 1 heterocycles. The van der Waals surface area contributed by atoms with Crippen molar-refractivity contribution in [2.75, 3.05) is 13.1 Å². The summed E-state index contributed by atoms with van der Waals surface area (Å²) in [4.78, 5) is 75.5. The van der Waals surface area contributed by atoms with Crippen molar-refractivity contribution in [3.05, 3.63) is 0 Å². The van der Waals surface area contributed by atoms with Gasteiger partial charge in [0.1, 0.15) is 18.1 Å². The summed E-state index contributed by atoms with van der Waals surface area (Å²) in [6, 6.07) is -5.07. The third-order valence-electron chi connectivity index (χ3n) is 4.99. The molecular weight excluding hydrogens is 468 g/mol. The molecule has 0 bridgehead atoms. The average Bonchev–Trinajstić information content (AvgIpc) is 3.28. The van der Waals surface area contributed by atoms with E-state index in [1.165, 1.54) is 0 Å². The fourth-order valence-corrected chi connectivity index (χ4v) is 3.28. The molecule has 1 fully saturated rings. The SMILES string of the molecule is NC(=O)CC(NC(=O)C1CCCN1)C(=O)NC(CCCN=C(N)N)C(=O)NC(CC(=O)O)C(=O)O. The van der Waals surface area contributed by atoms with E-state index in [9.17, 15) is 33.9 Å². The highest BCUT2D eigenvalue weighted by molar-refractivity contribution is 5.96. The molecule has 4 amide bonds. The summed E-state index contributed by atoms with van der Waals surface area (Å²) < 4.78 is 0. The lowest BCUT2D eigenvalue weighted by Crippen LogP contribution is -2.57. The van der Waals surface area contributed by atoms with Gasteiger partial charge in [0, 0.05) is 6.54 Å². The molecule has 0 spiro atoms. The van der Waals surface area contributed by atoms with Crippen LogP contribution in [0.1, 0.15) is 38.5 Å². The number of guanidine groups is 1. The van der Waals surface area contributed by atoms with Crippen LogP contribution in [0.4, 0.5) is 0 Å². The Bertz CT molecular complexity index is 839. The zero-order valence-corrected chi connectivity index (χ0v) is 19.0. The Balaban J connectivity index is 2.99. The highest BCUT2D eigenvalue weighted by atomic mass is 16.4. The lowest BCUT2D eigenvalue weighted by atomic mass is 10.1. The summed E-state index contributed by atoms with van der Waals surface area (Å²) in [6.07, 6.45) is -0.0640. The van der Waals surface area contributed by atoms with Crippen molar-refractivity contribution >= 4 is 41.5 Å². The summed E-state index contributed by atoms with van der Waals surface area (Å²) in [5.41, 5.74) is 15.7. The first kappa shape index (κ1) is 29.1. The van der Waals surface area contributed by atoms with Gasteiger partial charge in [-0.25, -0.2) is 4.79 Å². The van der Waals surface area contributed by atoms with Crippen LogP contribution in [0.15, 0.2) is 4.99 Å². The molecule has 1 rings (SSSR count). The number of nitrogens with two attached hydrogens (primary N) is 3. The highest BCUT2D eigenvalue weighted by Crippen LogP contribution is 2.07. The van der Waals surface area contributed by atoms with Crippen LogP contribution in [-0.2, 0) is 28.8 Å². The molecule has 1 aliphatic rings. The van der Waals surface area contributed by atoms with Crippen molar-refractivity contribution in [3.8, 4) is 0 Å². The molecule has 0 aromatic rings. The van der Waals surface area contributed by atoms with E-state index in [2.05, 4.69) is 26.3 Å². The van der Waals surface area contributed by atoms with Crippen molar-refractivity contribution in [2.24, 2.45) is 22.2 Å². The minimum absolute atomic E-state index is 0.0742. The van der Waals surface area contributed by atoms with Gasteiger partial charge in [-0.15, -0.1) is 0 Å². The van der Waals surface area contributed by atoms with Gasteiger partial charge >= 0.3 is 11.9 Å². The van der Waals surface area contributed by atoms with E-state index in [0.29, 0.717) is 13.0 Å². The van der Waals surface area contributed by atoms with E-state index in [-0.39, 0.29) is 25.3 Å². The maximum atomic E-state index is 12.9. The van der Waals surface area contributed by atoms with Gasteiger partial charge in [0.15, 0.2) is 5.96 Å². The molecule has 1 saturated heterocycles. The minimum atomic E-state index is -1.76. The molecule has 0 radical (unpaired) electrons. The molecule has 0 aromatic heterocycles. The van der Waals surface area contributed by atoms with Gasteiger partial charge in [-0.05, 0) is 32.2 Å². The molecule has 0 aromatic carbocycles. The molecule has 1 aliphatic heterocycles. The number of nitrogens with one attached hydrogen (secondary N) is 4. The van der Waals surface area contributed by atoms with E-state index in [1.54, 1.807) is 0 Å². The summed E-state index contributed by atoms with van der Waals surface area (Å²) in [6.45, 7) is 0.693. The van der Waals surface area contributed by atoms with Gasteiger partial charge in [0.05, 0.1) is 18.9 Å². The molecule has 16 nitrogen and oxygen atoms in total. The first-order valence-electron chi connectivity index (χ1n) is 10.8. The number of carbonyl (C=O) groups excluding carboxylic acids is 4. The standard InChI is InChI=1S/C19H32N8O8/c20-13(28)7-11(26-15(31)9-3-1-5-23-9)17(33)25-10(4-2-6-24-19(21)22)16(32)27-12(18(34)35)8-14(29)30/h9-12,23H,1-8H2,(H2,20,28)(H,25,33)(H,26,31)(H,27,32)(H,29,30)(H,34,35)(H4,21,22,24). The van der Waals surface area contributed by atoms with E-state index in [1.807, 2.05) is 0 Å². The topological polar surface area (TPSA) is 281 Å². The average molecular weight is 501 g/mol. The molecule has 0 aliphatic carbocycles. The molecule has 4 unspecified atom stereocenters. The Morgan fingerprint density at radius 1 is 0.914 bits per heavy atom. The number of nitrogens with zero attached hydrogens (tertiary/aromatic N) is 1. The maximum absolute atomic E-state index is 12.9. The second-order valence-electron chi connectivity index (χ2n) is 7.89. The van der Waals surface area contributed by atoms with Crippen molar-refractivity contribution in [2.45, 2.75) is 62.7 Å². The minimum Gasteiger partial charge on any atom is -0.481 e. The van der Waals surface area contributed by atoms with E-state index >= 15 is 0 Å². The number of primary amides is 1. The number of rotatable bonds is 15. The van der Waals surface area contributed by atoms with Crippen LogP contribution < -0.4 is 38.5 Å². The number of carbonyl (C=O) groups is 6. The van der Waals surface area contributed by atoms with Gasteiger partial charge in [0.25, 0.3) is 0 Å². The number of amides is 4. The Hall–Kier alpha value is -3.95. The Kier molecular flexibility index (Phi) is 11.9. The van der Waals surface area contributed by atoms with Crippen LogP contribution in [0.5, 0.6) is 0 Å². The molecule has 35 heavy (non-hydrogen) atoms. The normalized spacial score (nSPS) is 17.3. The third-order valence-corrected chi connectivity index (χ3v) is 4.99. The first-order chi connectivity index (χ1) is 16.4. The van der Waals surface area contributed by atoms with Crippen LogP contribution in [-0.4, -0.2) is 89.0 Å². The Morgan fingerprint density at radius 3 is 2.06 bits per heavy atom. The van der Waals surface area contributed by atoms with E-state index < -0.39 is 72.6 Å². The summed E-state index contributed by atoms with van der Waals surface area (Å²) in [7, 11) is 0. The Morgan fingerprint density at radius 2 is 1.54 bits per heavy atom. The second kappa shape index (κ2) is 14.3. The number of aliphatic imine (C=N–C) groups is 1. The number of hydrogen-bond donors (Lipinski definition) is 9. The number of aliphatic carboxylic acids is 2. The molecule has 16 heteroatoms. The molecule has 4 atom stereocenters. The monoisotopic (exact) mass is 500 g/mol. The predicted molar refractivity (Wildman–Crippen MR) is 120 cm³/mol. The van der Waals surface area contributed by atoms with Crippen molar-refractivity contribution in [3.63, 3.8) is 0 Å². The fourth-order valence-electron chi connectivity index (χ4n) is 3.28. The summed E-state index contributed by atoms with van der Waals surface area (Å²) in [5.74, 6) is -6.56. The highest BCUT2D eigenvalue weighted by Gasteiger charge is 2.32. The molecular formula is C19H32N8O8. The van der Waals surface area contributed by atoms with E-state index in [0.717, 1.165) is 6.42 Å². The zero-order valence-electron chi connectivity index (χ0n) is 19.0. The Labute approximate surface area is 200 Å². The van der Waals surface area contributed by atoms with Gasteiger partial charge in [0.2, 0.25) is 23.6 Å². The predicted octanol–water partition coefficient (Wildman–Crippen LogP) is -4.32. The van der Waals surface area contributed by atoms with Crippen LogP contribution in [0.2, 0.25) is 0 Å². The van der Waals surface area contributed by atoms with Crippen LogP contribution in [0.25, 0.3) is 0 Å². The maximum Gasteiger partial charge on any atom is 0.326 e. The summed E-state index contributed by atoms with van der Waals surface area (Å²) in [5, 5.41) is 27.8. The molecule has 196 valence electrons. The first-order valence-corrected chi connectivity index (χ1v) is 10.8. The molecule has 0 saturated carbocycles. The van der Waals surface area contributed by atoms with Crippen molar-refractivity contribution < 1.29 is 39.0 Å². The van der Waals surface area contributed by atoms with Gasteiger partial charge in [-0.3, -0.25) is 29.0 Å². The largest absolute Gasteiger partial charge is 0.481 e. The molecule has 12 N–H and O–H groups in total. The van der Waals surface area contributed by atoms with Crippen LogP contribution >= 0.6 is 0 Å². The quantitative estimate of drug-likeness (QED) is 0.0588. The third kappa shape index (κ3) is 11.1. The number of hydrogen-bond acceptors (Lipinski definition) is 8. The lowest BCUT2D eigenvalue weighted by molar-refractivity contribution is -0.147. The van der Waals surface area contributed by atoms with Crippen LogP contribution in [0.3, 0.4) is 0 Å². The van der Waals surface area contributed by atoms with Gasteiger partial charge in [-0.2, -0.15) is 0 Å². The van der Waals surface area contributed by atoms with Crippen molar-refractivity contribution in [1.29, 1.82) is 0 Å². The number of carboxylic acid groups (broad SMARTS) is 2. The summed E-state index contributed by atoms with van der Waals surface area (Å²) >= 11 is 0. The zero-order chi connectivity index (χ0) is 26.5. The van der Waals surface area contributed by atoms with Gasteiger partial charge < -0.3 is 48.7 Å².